The molecule has 1 aliphatic heterocycles. The zero-order chi connectivity index (χ0) is 19.0. The summed E-state index contributed by atoms with van der Waals surface area (Å²) in [6, 6.07) is 7.56. The number of carbonyl (C=O) groups is 1. The van der Waals surface area contributed by atoms with E-state index in [1.165, 1.54) is 9.48 Å². The maximum Gasteiger partial charge on any atom is 0.345 e. The Morgan fingerprint density at radius 1 is 1.19 bits per heavy atom. The molecule has 0 spiro atoms. The van der Waals surface area contributed by atoms with Crippen molar-refractivity contribution in [2.45, 2.75) is 38.8 Å². The van der Waals surface area contributed by atoms with Gasteiger partial charge in [0.15, 0.2) is 0 Å². The van der Waals surface area contributed by atoms with Crippen LogP contribution in [0.2, 0.25) is 0 Å². The number of piperidine rings is 1. The lowest BCUT2D eigenvalue weighted by Gasteiger charge is -2.32. The Bertz CT molecular complexity index is 999. The number of hydrogen-bond acceptors (Lipinski definition) is 5. The molecule has 142 valence electrons. The van der Waals surface area contributed by atoms with E-state index >= 15 is 0 Å². The Morgan fingerprint density at radius 3 is 2.56 bits per heavy atom. The molecule has 3 heterocycles. The van der Waals surface area contributed by atoms with Crippen molar-refractivity contribution in [2.24, 2.45) is 7.05 Å². The molecule has 0 unspecified atom stereocenters. The van der Waals surface area contributed by atoms with Gasteiger partial charge < -0.3 is 4.90 Å². The van der Waals surface area contributed by atoms with Crippen molar-refractivity contribution in [3.05, 3.63) is 40.6 Å². The quantitative estimate of drug-likeness (QED) is 0.677. The minimum Gasteiger partial charge on any atom is -0.340 e. The molecular formula is C18H23N7O2. The molecule has 0 saturated carbocycles. The molecule has 0 radical (unpaired) electrons. The van der Waals surface area contributed by atoms with E-state index in [4.69, 9.17) is 0 Å². The van der Waals surface area contributed by atoms with Crippen LogP contribution in [0.25, 0.3) is 11.0 Å². The van der Waals surface area contributed by atoms with Gasteiger partial charge in [-0.3, -0.25) is 9.36 Å². The van der Waals surface area contributed by atoms with Gasteiger partial charge in [0.2, 0.25) is 5.91 Å². The number of nitrogens with zero attached hydrogens (tertiary/aromatic N) is 7. The number of hydrogen-bond donors (Lipinski definition) is 0. The summed E-state index contributed by atoms with van der Waals surface area (Å²) in [5, 5.41) is 13.1. The van der Waals surface area contributed by atoms with Gasteiger partial charge in [-0.25, -0.2) is 9.48 Å². The van der Waals surface area contributed by atoms with Crippen LogP contribution in [0, 0.1) is 0 Å². The fourth-order valence-corrected chi connectivity index (χ4v) is 3.73. The Kier molecular flexibility index (Phi) is 4.51. The molecule has 0 aliphatic carbocycles. The molecule has 1 fully saturated rings. The van der Waals surface area contributed by atoms with Gasteiger partial charge >= 0.3 is 5.69 Å². The fourth-order valence-electron chi connectivity index (χ4n) is 3.73. The first kappa shape index (κ1) is 17.4. The first-order valence-corrected chi connectivity index (χ1v) is 9.28. The number of likely N-dealkylation sites (tertiary alicyclic amines) is 1. The minimum absolute atomic E-state index is 0.0127. The highest BCUT2D eigenvalue weighted by Gasteiger charge is 2.29. The van der Waals surface area contributed by atoms with Crippen molar-refractivity contribution in [3.63, 3.8) is 0 Å². The third-order valence-electron chi connectivity index (χ3n) is 5.10. The second kappa shape index (κ2) is 6.98. The van der Waals surface area contributed by atoms with Crippen molar-refractivity contribution in [3.8, 4) is 0 Å². The third-order valence-corrected chi connectivity index (χ3v) is 5.10. The monoisotopic (exact) mass is 369 g/mol. The summed E-state index contributed by atoms with van der Waals surface area (Å²) >= 11 is 0. The van der Waals surface area contributed by atoms with Gasteiger partial charge in [0, 0.05) is 32.6 Å². The molecule has 4 rings (SSSR count). The molecule has 9 heteroatoms. The van der Waals surface area contributed by atoms with Gasteiger partial charge in [0.1, 0.15) is 23.4 Å². The van der Waals surface area contributed by atoms with Crippen molar-refractivity contribution in [1.82, 2.24) is 34.2 Å². The molecule has 0 N–H and O–H groups in total. The van der Waals surface area contributed by atoms with Crippen LogP contribution in [0.4, 0.5) is 0 Å². The van der Waals surface area contributed by atoms with E-state index in [1.54, 1.807) is 11.6 Å². The lowest BCUT2D eigenvalue weighted by molar-refractivity contribution is -0.133. The van der Waals surface area contributed by atoms with Crippen molar-refractivity contribution < 1.29 is 4.79 Å². The Balaban J connectivity index is 1.50. The summed E-state index contributed by atoms with van der Waals surface area (Å²) in [6.45, 7) is 3.90. The van der Waals surface area contributed by atoms with E-state index in [1.807, 2.05) is 36.1 Å². The summed E-state index contributed by atoms with van der Waals surface area (Å²) in [5.41, 5.74) is 1.45. The number of benzene rings is 1. The average Bonchev–Trinajstić information content (AvgIpc) is 3.22. The molecule has 1 atom stereocenters. The molecule has 27 heavy (non-hydrogen) atoms. The second-order valence-electron chi connectivity index (χ2n) is 6.91. The molecule has 1 aliphatic rings. The highest BCUT2D eigenvalue weighted by atomic mass is 16.2. The zero-order valence-corrected chi connectivity index (χ0v) is 15.6. The Hall–Kier alpha value is -2.97. The van der Waals surface area contributed by atoms with Gasteiger partial charge in [0.25, 0.3) is 0 Å². The number of carbonyl (C=O) groups excluding carboxylic acids is 1. The van der Waals surface area contributed by atoms with Gasteiger partial charge in [-0.2, -0.15) is 20.1 Å². The van der Waals surface area contributed by atoms with Gasteiger partial charge in [-0.05, 0) is 31.9 Å². The number of fused-ring (bicyclic) bond motifs is 1. The van der Waals surface area contributed by atoms with Gasteiger partial charge in [-0.15, -0.1) is 0 Å². The van der Waals surface area contributed by atoms with Crippen LogP contribution >= 0.6 is 0 Å². The van der Waals surface area contributed by atoms with Gasteiger partial charge in [-0.1, -0.05) is 12.1 Å². The van der Waals surface area contributed by atoms with Crippen molar-refractivity contribution >= 4 is 16.9 Å². The van der Waals surface area contributed by atoms with Crippen LogP contribution in [-0.2, 0) is 24.9 Å². The normalized spacial score (nSPS) is 17.6. The van der Waals surface area contributed by atoms with Crippen LogP contribution < -0.4 is 5.69 Å². The van der Waals surface area contributed by atoms with Crippen LogP contribution in [0.15, 0.2) is 29.1 Å². The fraction of sp³-hybridized carbons (Fsp3) is 0.500. The summed E-state index contributed by atoms with van der Waals surface area (Å²) < 4.78 is 3.07. The number of rotatable bonds is 4. The van der Waals surface area contributed by atoms with Crippen molar-refractivity contribution in [1.29, 1.82) is 0 Å². The first-order valence-electron chi connectivity index (χ1n) is 9.28. The standard InChI is InChI=1S/C18H23N7O2/c1-3-24-17(21-22(2)18(24)27)13-7-6-10-23(11-13)16(26)12-25-19-14-8-4-5-9-15(14)20-25/h4-5,8-9,13H,3,6-7,10-12H2,1-2H3/t13-/m1/s1. The minimum atomic E-state index is -0.108. The highest BCUT2D eigenvalue weighted by Crippen LogP contribution is 2.25. The lowest BCUT2D eigenvalue weighted by Crippen LogP contribution is -2.41. The molecule has 1 aromatic carbocycles. The van der Waals surface area contributed by atoms with E-state index in [2.05, 4.69) is 15.3 Å². The van der Waals surface area contributed by atoms with Crippen molar-refractivity contribution in [2.75, 3.05) is 13.1 Å². The molecule has 2 aromatic heterocycles. The summed E-state index contributed by atoms with van der Waals surface area (Å²) in [6.07, 6.45) is 1.81. The van der Waals surface area contributed by atoms with Gasteiger partial charge in [0.05, 0.1) is 0 Å². The molecule has 3 aromatic rings. The predicted molar refractivity (Wildman–Crippen MR) is 99.2 cm³/mol. The highest BCUT2D eigenvalue weighted by molar-refractivity contribution is 5.77. The molecular weight excluding hydrogens is 346 g/mol. The largest absolute Gasteiger partial charge is 0.345 e. The summed E-state index contributed by atoms with van der Waals surface area (Å²) in [5.74, 6) is 0.827. The number of aryl methyl sites for hydroxylation is 1. The van der Waals surface area contributed by atoms with E-state index in [0.29, 0.717) is 19.6 Å². The van der Waals surface area contributed by atoms with Crippen LogP contribution in [0.3, 0.4) is 0 Å². The summed E-state index contributed by atoms with van der Waals surface area (Å²) in [7, 11) is 1.66. The van der Waals surface area contributed by atoms with E-state index < -0.39 is 0 Å². The second-order valence-corrected chi connectivity index (χ2v) is 6.91. The third kappa shape index (κ3) is 3.24. The summed E-state index contributed by atoms with van der Waals surface area (Å²) in [4.78, 5) is 28.2. The van der Waals surface area contributed by atoms with E-state index in [9.17, 15) is 9.59 Å². The first-order chi connectivity index (χ1) is 13.1. The Labute approximate surface area is 156 Å². The SMILES string of the molecule is CCn1c([C@@H]2CCCN(C(=O)Cn3nc4ccccc4n3)C2)nn(C)c1=O. The maximum absolute atomic E-state index is 12.8. The van der Waals surface area contributed by atoms with E-state index in [0.717, 1.165) is 29.7 Å². The molecule has 1 saturated heterocycles. The van der Waals surface area contributed by atoms with Crippen LogP contribution in [0.5, 0.6) is 0 Å². The smallest absolute Gasteiger partial charge is 0.340 e. The zero-order valence-electron chi connectivity index (χ0n) is 15.6. The number of amides is 1. The predicted octanol–water partition coefficient (Wildman–Crippen LogP) is 0.753. The molecule has 1 amide bonds. The average molecular weight is 369 g/mol. The number of aromatic nitrogens is 6. The topological polar surface area (TPSA) is 90.8 Å². The Morgan fingerprint density at radius 2 is 1.89 bits per heavy atom. The van der Waals surface area contributed by atoms with Crippen LogP contribution in [0.1, 0.15) is 31.5 Å². The molecule has 0 bridgehead atoms. The maximum atomic E-state index is 12.8. The lowest BCUT2D eigenvalue weighted by atomic mass is 9.97. The molecule has 9 nitrogen and oxygen atoms in total. The van der Waals surface area contributed by atoms with Crippen LogP contribution in [-0.4, -0.2) is 53.2 Å². The van der Waals surface area contributed by atoms with E-state index in [-0.39, 0.29) is 24.1 Å².